The average Bonchev–Trinajstić information content (AvgIpc) is 3.23. The summed E-state index contributed by atoms with van der Waals surface area (Å²) < 4.78 is 21.8. The van der Waals surface area contributed by atoms with Crippen molar-refractivity contribution in [1.29, 1.82) is 0 Å². The van der Waals surface area contributed by atoms with Crippen molar-refractivity contribution < 1.29 is 13.9 Å². The lowest BCUT2D eigenvalue weighted by molar-refractivity contribution is 0.0482. The van der Waals surface area contributed by atoms with Gasteiger partial charge in [0.05, 0.1) is 24.5 Å². The number of hydrogen-bond donors (Lipinski definition) is 0. The fraction of sp³-hybridized carbons (Fsp3) is 0.483. The fourth-order valence-corrected chi connectivity index (χ4v) is 5.93. The monoisotopic (exact) mass is 505 g/mol. The summed E-state index contributed by atoms with van der Waals surface area (Å²) in [7, 11) is 4.14. The van der Waals surface area contributed by atoms with Gasteiger partial charge in [-0.2, -0.15) is 0 Å². The van der Waals surface area contributed by atoms with Crippen LogP contribution >= 0.6 is 0 Å². The Labute approximate surface area is 218 Å². The Morgan fingerprint density at radius 3 is 2.62 bits per heavy atom. The van der Waals surface area contributed by atoms with Crippen LogP contribution < -0.4 is 4.74 Å². The van der Waals surface area contributed by atoms with Crippen molar-refractivity contribution in [3.8, 4) is 5.75 Å². The maximum atomic E-state index is 14.2. The van der Waals surface area contributed by atoms with Gasteiger partial charge in [0, 0.05) is 49.1 Å². The number of imidazole rings is 1. The summed E-state index contributed by atoms with van der Waals surface area (Å²) in [6, 6.07) is 5.68. The molecule has 37 heavy (non-hydrogen) atoms. The molecule has 1 aromatic carbocycles. The van der Waals surface area contributed by atoms with Gasteiger partial charge in [0.2, 0.25) is 0 Å². The molecule has 1 saturated carbocycles. The molecule has 2 aliphatic rings. The van der Waals surface area contributed by atoms with Crippen molar-refractivity contribution in [2.24, 2.45) is 0 Å². The zero-order valence-corrected chi connectivity index (χ0v) is 22.4. The zero-order chi connectivity index (χ0) is 26.3. The van der Waals surface area contributed by atoms with Crippen LogP contribution in [0.3, 0.4) is 0 Å². The zero-order valence-electron chi connectivity index (χ0n) is 22.4. The molecule has 7 nitrogen and oxygen atoms in total. The summed E-state index contributed by atoms with van der Waals surface area (Å²) in [4.78, 5) is 27.0. The lowest BCUT2D eigenvalue weighted by Gasteiger charge is -2.52. The summed E-state index contributed by atoms with van der Waals surface area (Å²) >= 11 is 0. The van der Waals surface area contributed by atoms with E-state index in [4.69, 9.17) is 4.74 Å². The SMILES string of the molecule is CCOc1cc(C(C)N2CC3(CCC3)c3c(CN(C)C)cc(Cn4ccnc4C)cc3C2=O)ncc1F. The Balaban J connectivity index is 1.58. The number of aryl methyl sites for hydroxylation is 1. The van der Waals surface area contributed by atoms with E-state index >= 15 is 0 Å². The quantitative estimate of drug-likeness (QED) is 0.437. The second-order valence-electron chi connectivity index (χ2n) is 10.7. The largest absolute Gasteiger partial charge is 0.491 e. The third-order valence-electron chi connectivity index (χ3n) is 7.88. The number of fused-ring (bicyclic) bond motifs is 2. The molecular formula is C29H36FN5O2. The summed E-state index contributed by atoms with van der Waals surface area (Å²) in [6.07, 6.45) is 8.23. The van der Waals surface area contributed by atoms with Crippen LogP contribution in [0.1, 0.15) is 77.7 Å². The Hall–Kier alpha value is -3.26. The minimum absolute atomic E-state index is 0.00770. The molecule has 1 fully saturated rings. The number of benzene rings is 1. The number of hydrogen-bond acceptors (Lipinski definition) is 5. The molecule has 2 aromatic heterocycles. The number of amides is 1. The number of ether oxygens (including phenoxy) is 1. The molecule has 1 spiro atoms. The lowest BCUT2D eigenvalue weighted by atomic mass is 9.60. The van der Waals surface area contributed by atoms with E-state index in [0.29, 0.717) is 25.4 Å². The predicted molar refractivity (Wildman–Crippen MR) is 140 cm³/mol. The summed E-state index contributed by atoms with van der Waals surface area (Å²) in [5.74, 6) is 0.634. The standard InChI is InChI=1S/C29H36FN5O2/c1-6-37-26-14-25(32-15-24(26)30)19(2)35-18-29(8-7-9-29)27-22(17-33(4)5)12-21(13-23(27)28(35)36)16-34-11-10-31-20(34)3/h10-15,19H,6-9,16-18H2,1-5H3. The van der Waals surface area contributed by atoms with Crippen molar-refractivity contribution in [3.05, 3.63) is 76.4 Å². The van der Waals surface area contributed by atoms with Crippen molar-refractivity contribution >= 4 is 5.91 Å². The second-order valence-corrected chi connectivity index (χ2v) is 10.7. The highest BCUT2D eigenvalue weighted by Gasteiger charge is 2.49. The van der Waals surface area contributed by atoms with Gasteiger partial charge in [0.25, 0.3) is 5.91 Å². The van der Waals surface area contributed by atoms with Gasteiger partial charge < -0.3 is 19.1 Å². The van der Waals surface area contributed by atoms with Crippen LogP contribution in [0.5, 0.6) is 5.75 Å². The maximum Gasteiger partial charge on any atom is 0.254 e. The minimum Gasteiger partial charge on any atom is -0.491 e. The molecule has 3 aromatic rings. The molecule has 196 valence electrons. The van der Waals surface area contributed by atoms with Crippen LogP contribution in [0.4, 0.5) is 4.39 Å². The molecule has 0 saturated heterocycles. The third-order valence-corrected chi connectivity index (χ3v) is 7.88. The van der Waals surface area contributed by atoms with Gasteiger partial charge in [-0.15, -0.1) is 0 Å². The number of carbonyl (C=O) groups excluding carboxylic acids is 1. The van der Waals surface area contributed by atoms with Gasteiger partial charge in [-0.1, -0.05) is 12.5 Å². The van der Waals surface area contributed by atoms with Gasteiger partial charge in [-0.05, 0) is 70.5 Å². The molecule has 5 rings (SSSR count). The highest BCUT2D eigenvalue weighted by molar-refractivity contribution is 5.98. The normalized spacial score (nSPS) is 17.2. The Morgan fingerprint density at radius 1 is 1.22 bits per heavy atom. The van der Waals surface area contributed by atoms with E-state index in [1.165, 1.54) is 17.3 Å². The van der Waals surface area contributed by atoms with Crippen LogP contribution in [0.15, 0.2) is 36.8 Å². The smallest absolute Gasteiger partial charge is 0.254 e. The first-order valence-corrected chi connectivity index (χ1v) is 13.1. The summed E-state index contributed by atoms with van der Waals surface area (Å²) in [5, 5.41) is 0. The molecule has 3 heterocycles. The number of aromatic nitrogens is 3. The highest BCUT2D eigenvalue weighted by atomic mass is 19.1. The van der Waals surface area contributed by atoms with E-state index in [-0.39, 0.29) is 23.1 Å². The van der Waals surface area contributed by atoms with E-state index in [1.54, 1.807) is 12.3 Å². The van der Waals surface area contributed by atoms with Crippen molar-refractivity contribution in [2.45, 2.75) is 64.6 Å². The number of halogens is 1. The molecule has 8 heteroatoms. The Morgan fingerprint density at radius 2 is 2.00 bits per heavy atom. The third kappa shape index (κ3) is 4.63. The molecule has 1 amide bonds. The van der Waals surface area contributed by atoms with Crippen LogP contribution in [-0.4, -0.2) is 57.5 Å². The first-order chi connectivity index (χ1) is 17.7. The minimum atomic E-state index is -0.489. The maximum absolute atomic E-state index is 14.2. The molecule has 1 atom stereocenters. The van der Waals surface area contributed by atoms with Gasteiger partial charge in [0.15, 0.2) is 11.6 Å². The summed E-state index contributed by atoms with van der Waals surface area (Å²) in [5.41, 5.74) is 4.90. The fourth-order valence-electron chi connectivity index (χ4n) is 5.93. The first kappa shape index (κ1) is 25.4. The van der Waals surface area contributed by atoms with Crippen LogP contribution in [-0.2, 0) is 18.5 Å². The van der Waals surface area contributed by atoms with Gasteiger partial charge in [0.1, 0.15) is 5.82 Å². The highest BCUT2D eigenvalue weighted by Crippen LogP contribution is 2.51. The van der Waals surface area contributed by atoms with Gasteiger partial charge in [-0.3, -0.25) is 9.78 Å². The van der Waals surface area contributed by atoms with Crippen molar-refractivity contribution in [1.82, 2.24) is 24.3 Å². The van der Waals surface area contributed by atoms with Gasteiger partial charge >= 0.3 is 0 Å². The number of pyridine rings is 1. The molecule has 0 radical (unpaired) electrons. The Bertz CT molecular complexity index is 1310. The van der Waals surface area contributed by atoms with E-state index in [1.807, 2.05) is 31.9 Å². The molecular weight excluding hydrogens is 469 g/mol. The summed E-state index contributed by atoms with van der Waals surface area (Å²) in [6.45, 7) is 8.23. The lowest BCUT2D eigenvalue weighted by Crippen LogP contribution is -2.54. The first-order valence-electron chi connectivity index (χ1n) is 13.1. The Kier molecular flexibility index (Phi) is 6.79. The average molecular weight is 506 g/mol. The molecule has 0 N–H and O–H groups in total. The topological polar surface area (TPSA) is 63.5 Å². The van der Waals surface area contributed by atoms with Crippen LogP contribution in [0.25, 0.3) is 0 Å². The molecule has 1 aliphatic carbocycles. The molecule has 1 aliphatic heterocycles. The van der Waals surface area contributed by atoms with Crippen molar-refractivity contribution in [3.63, 3.8) is 0 Å². The van der Waals surface area contributed by atoms with Crippen molar-refractivity contribution in [2.75, 3.05) is 27.2 Å². The van der Waals surface area contributed by atoms with Crippen LogP contribution in [0, 0.1) is 12.7 Å². The number of carbonyl (C=O) groups is 1. The van der Waals surface area contributed by atoms with E-state index in [2.05, 4.69) is 45.7 Å². The molecule has 0 bridgehead atoms. The number of nitrogens with zero attached hydrogens (tertiary/aromatic N) is 5. The predicted octanol–water partition coefficient (Wildman–Crippen LogP) is 4.87. The molecule has 1 unspecified atom stereocenters. The van der Waals surface area contributed by atoms with E-state index in [0.717, 1.165) is 42.8 Å². The van der Waals surface area contributed by atoms with E-state index in [9.17, 15) is 9.18 Å². The van der Waals surface area contributed by atoms with Crippen LogP contribution in [0.2, 0.25) is 0 Å². The van der Waals surface area contributed by atoms with Gasteiger partial charge in [-0.25, -0.2) is 9.37 Å². The second kappa shape index (κ2) is 9.89. The number of rotatable bonds is 8. The van der Waals surface area contributed by atoms with E-state index < -0.39 is 5.82 Å².